The summed E-state index contributed by atoms with van der Waals surface area (Å²) < 4.78 is 0. The van der Waals surface area contributed by atoms with E-state index in [2.05, 4.69) is 49.1 Å². The van der Waals surface area contributed by atoms with Gasteiger partial charge in [-0.15, -0.1) is 0 Å². The fourth-order valence-corrected chi connectivity index (χ4v) is 2.22. The number of hydrogen-bond acceptors (Lipinski definition) is 3. The zero-order valence-electron chi connectivity index (χ0n) is 11.8. The number of nitrogens with zero attached hydrogens (tertiary/aromatic N) is 2. The van der Waals surface area contributed by atoms with Gasteiger partial charge < -0.3 is 10.0 Å². The number of benzene rings is 2. The quantitative estimate of drug-likeness (QED) is 0.921. The van der Waals surface area contributed by atoms with Crippen LogP contribution in [-0.4, -0.2) is 11.7 Å². The van der Waals surface area contributed by atoms with Gasteiger partial charge in [-0.2, -0.15) is 5.26 Å². The largest absolute Gasteiger partial charge is 0.392 e. The van der Waals surface area contributed by atoms with Crippen LogP contribution in [0.15, 0.2) is 42.5 Å². The Morgan fingerprint density at radius 3 is 2.40 bits per heavy atom. The van der Waals surface area contributed by atoms with Crippen LogP contribution in [-0.2, 0) is 6.61 Å². The topological polar surface area (TPSA) is 47.3 Å². The molecule has 0 saturated heterocycles. The lowest BCUT2D eigenvalue weighted by molar-refractivity contribution is 0.282. The van der Waals surface area contributed by atoms with Crippen molar-refractivity contribution in [3.05, 3.63) is 59.2 Å². The second kappa shape index (κ2) is 6.23. The number of rotatable bonds is 4. The van der Waals surface area contributed by atoms with E-state index in [-0.39, 0.29) is 6.61 Å². The van der Waals surface area contributed by atoms with Crippen LogP contribution < -0.4 is 4.90 Å². The maximum Gasteiger partial charge on any atom is 0.101 e. The molecule has 0 amide bonds. The molecule has 2 aromatic rings. The average molecular weight is 266 g/mol. The van der Waals surface area contributed by atoms with Gasteiger partial charge in [-0.25, -0.2) is 0 Å². The van der Waals surface area contributed by atoms with Crippen LogP contribution in [0.4, 0.5) is 11.4 Å². The fourth-order valence-electron chi connectivity index (χ4n) is 2.22. The minimum absolute atomic E-state index is 0.0500. The molecule has 0 spiro atoms. The van der Waals surface area contributed by atoms with Gasteiger partial charge in [-0.3, -0.25) is 0 Å². The van der Waals surface area contributed by atoms with Crippen LogP contribution in [0.2, 0.25) is 0 Å². The Balaban J connectivity index is 2.47. The molecule has 0 saturated carbocycles. The van der Waals surface area contributed by atoms with Crippen molar-refractivity contribution >= 4 is 11.4 Å². The zero-order valence-corrected chi connectivity index (χ0v) is 11.8. The lowest BCUT2D eigenvalue weighted by Gasteiger charge is -2.24. The van der Waals surface area contributed by atoms with Crippen LogP contribution in [0.1, 0.15) is 23.6 Å². The summed E-state index contributed by atoms with van der Waals surface area (Å²) in [6, 6.07) is 15.9. The summed E-state index contributed by atoms with van der Waals surface area (Å²) in [6.45, 7) is 4.83. The zero-order chi connectivity index (χ0) is 14.5. The van der Waals surface area contributed by atoms with E-state index in [9.17, 15) is 5.26 Å². The second-order valence-corrected chi connectivity index (χ2v) is 4.70. The number of aryl methyl sites for hydroxylation is 1. The Morgan fingerprint density at radius 2 is 1.85 bits per heavy atom. The highest BCUT2D eigenvalue weighted by atomic mass is 16.3. The van der Waals surface area contributed by atoms with E-state index in [1.54, 1.807) is 6.07 Å². The molecular formula is C17H18N2O. The molecule has 20 heavy (non-hydrogen) atoms. The predicted octanol–water partition coefficient (Wildman–Crippen LogP) is 3.52. The van der Waals surface area contributed by atoms with Gasteiger partial charge in [0.15, 0.2) is 0 Å². The molecule has 0 unspecified atom stereocenters. The first-order valence-electron chi connectivity index (χ1n) is 6.67. The molecule has 3 heteroatoms. The maximum atomic E-state index is 9.32. The molecule has 0 aliphatic heterocycles. The molecule has 0 bridgehead atoms. The highest BCUT2D eigenvalue weighted by Gasteiger charge is 2.12. The van der Waals surface area contributed by atoms with Crippen LogP contribution in [0.5, 0.6) is 0 Å². The fraction of sp³-hybridized carbons (Fsp3) is 0.235. The standard InChI is InChI=1S/C17H18N2O/c1-3-19(16-7-4-13(2)5-8-16)17-9-6-14(12-20)10-15(17)11-18/h4-10,20H,3,12H2,1-2H3. The van der Waals surface area contributed by atoms with Crippen molar-refractivity contribution in [3.63, 3.8) is 0 Å². The number of anilines is 2. The molecule has 0 fully saturated rings. The third-order valence-corrected chi connectivity index (χ3v) is 3.32. The summed E-state index contributed by atoms with van der Waals surface area (Å²) in [6.07, 6.45) is 0. The van der Waals surface area contributed by atoms with Gasteiger partial charge in [0.1, 0.15) is 6.07 Å². The molecule has 1 N–H and O–H groups in total. The van der Waals surface area contributed by atoms with E-state index in [4.69, 9.17) is 5.11 Å². The minimum atomic E-state index is -0.0500. The summed E-state index contributed by atoms with van der Waals surface area (Å²) in [5.74, 6) is 0. The number of aliphatic hydroxyl groups is 1. The number of nitriles is 1. The van der Waals surface area contributed by atoms with E-state index in [1.807, 2.05) is 12.1 Å². The van der Waals surface area contributed by atoms with Gasteiger partial charge in [0.25, 0.3) is 0 Å². The summed E-state index contributed by atoms with van der Waals surface area (Å²) in [7, 11) is 0. The molecular weight excluding hydrogens is 248 g/mol. The summed E-state index contributed by atoms with van der Waals surface area (Å²) >= 11 is 0. The van der Waals surface area contributed by atoms with Crippen LogP contribution in [0.3, 0.4) is 0 Å². The van der Waals surface area contributed by atoms with Gasteiger partial charge >= 0.3 is 0 Å². The molecule has 0 aromatic heterocycles. The Hall–Kier alpha value is -2.31. The van der Waals surface area contributed by atoms with Gasteiger partial charge in [-0.05, 0) is 43.7 Å². The van der Waals surface area contributed by atoms with E-state index in [1.165, 1.54) is 5.56 Å². The predicted molar refractivity (Wildman–Crippen MR) is 80.9 cm³/mol. The Morgan fingerprint density at radius 1 is 1.15 bits per heavy atom. The van der Waals surface area contributed by atoms with E-state index >= 15 is 0 Å². The van der Waals surface area contributed by atoms with Gasteiger partial charge in [0.2, 0.25) is 0 Å². The van der Waals surface area contributed by atoms with Crippen molar-refractivity contribution in [1.82, 2.24) is 0 Å². The molecule has 0 aliphatic rings. The van der Waals surface area contributed by atoms with Crippen molar-refractivity contribution in [2.75, 3.05) is 11.4 Å². The normalized spacial score (nSPS) is 10.1. The van der Waals surface area contributed by atoms with Crippen molar-refractivity contribution in [1.29, 1.82) is 5.26 Å². The summed E-state index contributed by atoms with van der Waals surface area (Å²) in [4.78, 5) is 2.10. The first-order chi connectivity index (χ1) is 9.69. The molecule has 102 valence electrons. The molecule has 3 nitrogen and oxygen atoms in total. The first kappa shape index (κ1) is 14.1. The van der Waals surface area contributed by atoms with E-state index in [0.717, 1.165) is 23.5 Å². The highest BCUT2D eigenvalue weighted by Crippen LogP contribution is 2.29. The summed E-state index contributed by atoms with van der Waals surface area (Å²) in [5.41, 5.74) is 4.48. The molecule has 0 aliphatic carbocycles. The van der Waals surface area contributed by atoms with Crippen molar-refractivity contribution < 1.29 is 5.11 Å². The third kappa shape index (κ3) is 2.81. The third-order valence-electron chi connectivity index (χ3n) is 3.32. The van der Waals surface area contributed by atoms with E-state index < -0.39 is 0 Å². The lowest BCUT2D eigenvalue weighted by atomic mass is 10.1. The Bertz CT molecular complexity index is 626. The Labute approximate surface area is 119 Å². The summed E-state index contributed by atoms with van der Waals surface area (Å²) in [5, 5.41) is 18.5. The van der Waals surface area contributed by atoms with Gasteiger partial charge in [0, 0.05) is 12.2 Å². The minimum Gasteiger partial charge on any atom is -0.392 e. The lowest BCUT2D eigenvalue weighted by Crippen LogP contribution is -2.17. The van der Waals surface area contributed by atoms with Crippen molar-refractivity contribution in [2.24, 2.45) is 0 Å². The SMILES string of the molecule is CCN(c1ccc(C)cc1)c1ccc(CO)cc1C#N. The van der Waals surface area contributed by atoms with E-state index in [0.29, 0.717) is 5.56 Å². The monoisotopic (exact) mass is 266 g/mol. The first-order valence-corrected chi connectivity index (χ1v) is 6.67. The average Bonchev–Trinajstić information content (AvgIpc) is 2.50. The van der Waals surface area contributed by atoms with Crippen molar-refractivity contribution in [3.8, 4) is 6.07 Å². The molecule has 2 aromatic carbocycles. The maximum absolute atomic E-state index is 9.32. The smallest absolute Gasteiger partial charge is 0.101 e. The van der Waals surface area contributed by atoms with Gasteiger partial charge in [0.05, 0.1) is 17.9 Å². The number of hydrogen-bond donors (Lipinski definition) is 1. The molecule has 0 heterocycles. The Kier molecular flexibility index (Phi) is 4.39. The van der Waals surface area contributed by atoms with Crippen LogP contribution in [0, 0.1) is 18.3 Å². The number of aliphatic hydroxyl groups excluding tert-OH is 1. The molecule has 0 radical (unpaired) electrons. The van der Waals surface area contributed by atoms with Gasteiger partial charge in [-0.1, -0.05) is 23.8 Å². The molecule has 0 atom stereocenters. The van der Waals surface area contributed by atoms with Crippen LogP contribution in [0.25, 0.3) is 0 Å². The second-order valence-electron chi connectivity index (χ2n) is 4.70. The van der Waals surface area contributed by atoms with Crippen molar-refractivity contribution in [2.45, 2.75) is 20.5 Å². The molecule has 2 rings (SSSR count). The van der Waals surface area contributed by atoms with Crippen LogP contribution >= 0.6 is 0 Å². The highest BCUT2D eigenvalue weighted by molar-refractivity contribution is 5.69.